The van der Waals surface area contributed by atoms with Gasteiger partial charge in [-0.3, -0.25) is 4.79 Å². The molecular formula is C17H16Cl2N2O2. The average molecular weight is 351 g/mol. The number of anilines is 1. The van der Waals surface area contributed by atoms with Crippen LogP contribution in [0.5, 0.6) is 0 Å². The highest BCUT2D eigenvalue weighted by Gasteiger charge is 2.28. The smallest absolute Gasteiger partial charge is 0.257 e. The van der Waals surface area contributed by atoms with Crippen LogP contribution in [0.25, 0.3) is 0 Å². The topological polar surface area (TPSA) is 55.6 Å². The van der Waals surface area contributed by atoms with E-state index in [0.29, 0.717) is 30.3 Å². The molecule has 1 aliphatic rings. The van der Waals surface area contributed by atoms with E-state index >= 15 is 0 Å². The number of rotatable bonds is 2. The van der Waals surface area contributed by atoms with Crippen molar-refractivity contribution in [3.8, 4) is 0 Å². The van der Waals surface area contributed by atoms with Crippen molar-refractivity contribution in [3.05, 3.63) is 63.6 Å². The molecule has 0 aliphatic carbocycles. The summed E-state index contributed by atoms with van der Waals surface area (Å²) in [4.78, 5) is 14.5. The molecule has 2 aromatic carbocycles. The average Bonchev–Trinajstić information content (AvgIpc) is 2.55. The van der Waals surface area contributed by atoms with E-state index in [1.807, 2.05) is 30.3 Å². The molecule has 0 saturated carbocycles. The highest BCUT2D eigenvalue weighted by Crippen LogP contribution is 2.30. The van der Waals surface area contributed by atoms with Gasteiger partial charge < -0.3 is 15.4 Å². The summed E-state index contributed by atoms with van der Waals surface area (Å²) in [7, 11) is 0. The number of hydrogen-bond donors (Lipinski definition) is 1. The van der Waals surface area contributed by atoms with Crippen LogP contribution in [-0.4, -0.2) is 30.5 Å². The van der Waals surface area contributed by atoms with E-state index in [0.717, 1.165) is 5.56 Å². The molecule has 1 fully saturated rings. The fourth-order valence-corrected chi connectivity index (χ4v) is 3.27. The molecule has 2 N–H and O–H groups in total. The summed E-state index contributed by atoms with van der Waals surface area (Å²) in [6.07, 6.45) is -0.152. The zero-order valence-electron chi connectivity index (χ0n) is 12.3. The first-order valence-corrected chi connectivity index (χ1v) is 8.02. The molecule has 1 amide bonds. The number of benzene rings is 2. The number of nitrogen functional groups attached to an aromatic ring is 1. The molecule has 1 saturated heterocycles. The summed E-state index contributed by atoms with van der Waals surface area (Å²) >= 11 is 12.1. The van der Waals surface area contributed by atoms with Crippen molar-refractivity contribution in [2.24, 2.45) is 0 Å². The van der Waals surface area contributed by atoms with Crippen LogP contribution in [0.3, 0.4) is 0 Å². The minimum Gasteiger partial charge on any atom is -0.398 e. The number of carbonyl (C=O) groups excluding carboxylic acids is 1. The Hall–Kier alpha value is -1.75. The molecule has 1 aliphatic heterocycles. The quantitative estimate of drug-likeness (QED) is 0.838. The maximum absolute atomic E-state index is 12.8. The van der Waals surface area contributed by atoms with E-state index in [4.69, 9.17) is 33.7 Å². The van der Waals surface area contributed by atoms with Crippen molar-refractivity contribution in [2.75, 3.05) is 25.4 Å². The number of morpholine rings is 1. The Bertz CT molecular complexity index is 699. The second kappa shape index (κ2) is 6.79. The first-order valence-electron chi connectivity index (χ1n) is 7.26. The molecule has 4 nitrogen and oxygen atoms in total. The third-order valence-electron chi connectivity index (χ3n) is 3.82. The lowest BCUT2D eigenvalue weighted by Gasteiger charge is -2.33. The first kappa shape index (κ1) is 16.1. The van der Waals surface area contributed by atoms with E-state index in [9.17, 15) is 4.79 Å². The van der Waals surface area contributed by atoms with Crippen molar-refractivity contribution in [2.45, 2.75) is 6.10 Å². The van der Waals surface area contributed by atoms with Gasteiger partial charge in [0.15, 0.2) is 0 Å². The molecule has 0 bridgehead atoms. The summed E-state index contributed by atoms with van der Waals surface area (Å²) in [6, 6.07) is 12.9. The zero-order valence-corrected chi connectivity index (χ0v) is 13.8. The van der Waals surface area contributed by atoms with Gasteiger partial charge in [0.1, 0.15) is 6.10 Å². The van der Waals surface area contributed by atoms with Crippen LogP contribution in [0.2, 0.25) is 10.0 Å². The predicted molar refractivity (Wildman–Crippen MR) is 91.9 cm³/mol. The van der Waals surface area contributed by atoms with Crippen molar-refractivity contribution in [1.82, 2.24) is 4.90 Å². The second-order valence-electron chi connectivity index (χ2n) is 5.37. The van der Waals surface area contributed by atoms with E-state index in [-0.39, 0.29) is 22.7 Å². The molecule has 1 atom stereocenters. The van der Waals surface area contributed by atoms with Crippen LogP contribution < -0.4 is 5.73 Å². The van der Waals surface area contributed by atoms with Gasteiger partial charge >= 0.3 is 0 Å². The van der Waals surface area contributed by atoms with Crippen molar-refractivity contribution in [1.29, 1.82) is 0 Å². The van der Waals surface area contributed by atoms with Gasteiger partial charge in [-0.1, -0.05) is 53.5 Å². The number of nitrogens with two attached hydrogens (primary N) is 1. The number of nitrogens with zero attached hydrogens (tertiary/aromatic N) is 1. The van der Waals surface area contributed by atoms with Crippen molar-refractivity contribution < 1.29 is 9.53 Å². The third-order valence-corrected chi connectivity index (χ3v) is 4.34. The summed E-state index contributed by atoms with van der Waals surface area (Å²) in [5.74, 6) is -0.201. The Kier molecular flexibility index (Phi) is 4.76. The Morgan fingerprint density at radius 3 is 2.65 bits per heavy atom. The van der Waals surface area contributed by atoms with Crippen molar-refractivity contribution >= 4 is 34.8 Å². The Morgan fingerprint density at radius 1 is 1.22 bits per heavy atom. The SMILES string of the molecule is Nc1cc(Cl)cc(Cl)c1C(=O)N1CCOC(c2ccccc2)C1. The van der Waals surface area contributed by atoms with Gasteiger partial charge in [-0.2, -0.15) is 0 Å². The minimum absolute atomic E-state index is 0.152. The molecule has 0 aromatic heterocycles. The summed E-state index contributed by atoms with van der Waals surface area (Å²) < 4.78 is 5.78. The highest BCUT2D eigenvalue weighted by atomic mass is 35.5. The van der Waals surface area contributed by atoms with E-state index < -0.39 is 0 Å². The normalized spacial score (nSPS) is 18.0. The Balaban J connectivity index is 1.83. The monoisotopic (exact) mass is 350 g/mol. The van der Waals surface area contributed by atoms with E-state index in [2.05, 4.69) is 0 Å². The molecular weight excluding hydrogens is 335 g/mol. The van der Waals surface area contributed by atoms with Crippen molar-refractivity contribution in [3.63, 3.8) is 0 Å². The molecule has 120 valence electrons. The number of hydrogen-bond acceptors (Lipinski definition) is 3. The fraction of sp³-hybridized carbons (Fsp3) is 0.235. The fourth-order valence-electron chi connectivity index (χ4n) is 2.68. The number of carbonyl (C=O) groups is 1. The lowest BCUT2D eigenvalue weighted by Crippen LogP contribution is -2.42. The highest BCUT2D eigenvalue weighted by molar-refractivity contribution is 6.37. The lowest BCUT2D eigenvalue weighted by molar-refractivity contribution is -0.0227. The lowest BCUT2D eigenvalue weighted by atomic mass is 10.1. The van der Waals surface area contributed by atoms with E-state index in [1.165, 1.54) is 12.1 Å². The molecule has 23 heavy (non-hydrogen) atoms. The molecule has 0 radical (unpaired) electrons. The largest absolute Gasteiger partial charge is 0.398 e. The number of amides is 1. The Labute approximate surface area is 144 Å². The van der Waals surface area contributed by atoms with Gasteiger partial charge in [-0.25, -0.2) is 0 Å². The van der Waals surface area contributed by atoms with Gasteiger partial charge in [0.25, 0.3) is 5.91 Å². The standard InChI is InChI=1S/C17H16Cl2N2O2/c18-12-8-13(19)16(14(20)9-12)17(22)21-6-7-23-15(10-21)11-4-2-1-3-5-11/h1-5,8-9,15H,6-7,10,20H2. The first-order chi connectivity index (χ1) is 11.1. The van der Waals surface area contributed by atoms with Gasteiger partial charge in [0.05, 0.1) is 23.7 Å². The van der Waals surface area contributed by atoms with E-state index in [1.54, 1.807) is 4.90 Å². The molecule has 0 spiro atoms. The molecule has 1 unspecified atom stereocenters. The van der Waals surface area contributed by atoms with Crippen LogP contribution in [0.1, 0.15) is 22.0 Å². The van der Waals surface area contributed by atoms with Crippen LogP contribution in [-0.2, 0) is 4.74 Å². The molecule has 1 heterocycles. The van der Waals surface area contributed by atoms with Crippen LogP contribution in [0.4, 0.5) is 5.69 Å². The summed E-state index contributed by atoms with van der Waals surface area (Å²) in [5, 5.41) is 0.677. The zero-order chi connectivity index (χ0) is 16.4. The molecule has 6 heteroatoms. The third kappa shape index (κ3) is 3.44. The molecule has 2 aromatic rings. The van der Waals surface area contributed by atoms with Gasteiger partial charge in [0, 0.05) is 17.3 Å². The van der Waals surface area contributed by atoms with Crippen LogP contribution in [0.15, 0.2) is 42.5 Å². The predicted octanol–water partition coefficient (Wildman–Crippen LogP) is 3.79. The van der Waals surface area contributed by atoms with Crippen LogP contribution in [0, 0.1) is 0 Å². The Morgan fingerprint density at radius 2 is 1.96 bits per heavy atom. The second-order valence-corrected chi connectivity index (χ2v) is 6.22. The maximum Gasteiger partial charge on any atom is 0.257 e. The molecule has 3 rings (SSSR count). The summed E-state index contributed by atoms with van der Waals surface area (Å²) in [5.41, 5.74) is 7.55. The summed E-state index contributed by atoms with van der Waals surface area (Å²) in [6.45, 7) is 1.43. The van der Waals surface area contributed by atoms with Gasteiger partial charge in [0.2, 0.25) is 0 Å². The maximum atomic E-state index is 12.8. The van der Waals surface area contributed by atoms with Gasteiger partial charge in [-0.15, -0.1) is 0 Å². The number of halogens is 2. The minimum atomic E-state index is -0.201. The van der Waals surface area contributed by atoms with Gasteiger partial charge in [-0.05, 0) is 17.7 Å². The van der Waals surface area contributed by atoms with Crippen LogP contribution >= 0.6 is 23.2 Å². The number of ether oxygens (including phenoxy) is 1.